The second-order valence-electron chi connectivity index (χ2n) is 6.96. The van der Waals surface area contributed by atoms with Crippen LogP contribution in [0.15, 0.2) is 24.3 Å². The molecule has 3 rings (SSSR count). The van der Waals surface area contributed by atoms with E-state index in [0.717, 1.165) is 32.5 Å². The number of rotatable bonds is 6. The van der Waals surface area contributed by atoms with E-state index in [9.17, 15) is 9.59 Å². The summed E-state index contributed by atoms with van der Waals surface area (Å²) in [5.41, 5.74) is 1.05. The molecule has 1 N–H and O–H groups in total. The molecule has 2 amide bonds. The van der Waals surface area contributed by atoms with Crippen LogP contribution in [0.1, 0.15) is 35.2 Å². The zero-order chi connectivity index (χ0) is 19.1. The average Bonchev–Trinajstić information content (AvgIpc) is 3.24. The number of nitrogens with zero attached hydrogens (tertiary/aromatic N) is 3. The van der Waals surface area contributed by atoms with Crippen molar-refractivity contribution in [2.75, 3.05) is 45.9 Å². The second kappa shape index (κ2) is 9.49. The molecule has 0 unspecified atom stereocenters. The molecule has 2 heterocycles. The van der Waals surface area contributed by atoms with E-state index in [0.29, 0.717) is 43.7 Å². The van der Waals surface area contributed by atoms with E-state index in [2.05, 4.69) is 11.4 Å². The van der Waals surface area contributed by atoms with E-state index < -0.39 is 0 Å². The summed E-state index contributed by atoms with van der Waals surface area (Å²) in [5.74, 6) is -0.0374. The van der Waals surface area contributed by atoms with Crippen molar-refractivity contribution >= 4 is 11.8 Å². The normalized spacial score (nSPS) is 19.5. The van der Waals surface area contributed by atoms with Crippen LogP contribution in [0.4, 0.5) is 0 Å². The number of hydrogen-bond donors (Lipinski definition) is 1. The molecule has 0 bridgehead atoms. The van der Waals surface area contributed by atoms with Gasteiger partial charge in [0.1, 0.15) is 0 Å². The first-order chi connectivity index (χ1) is 13.2. The molecule has 2 aliphatic heterocycles. The van der Waals surface area contributed by atoms with E-state index in [1.165, 1.54) is 0 Å². The van der Waals surface area contributed by atoms with Gasteiger partial charge in [0.15, 0.2) is 0 Å². The molecule has 0 aliphatic carbocycles. The highest BCUT2D eigenvalue weighted by Crippen LogP contribution is 2.16. The summed E-state index contributed by atoms with van der Waals surface area (Å²) >= 11 is 0. The molecule has 1 aromatic rings. The summed E-state index contributed by atoms with van der Waals surface area (Å²) in [6.07, 6.45) is 2.28. The molecule has 2 fully saturated rings. The number of amides is 2. The van der Waals surface area contributed by atoms with Gasteiger partial charge in [-0.05, 0) is 37.1 Å². The molecule has 0 spiro atoms. The van der Waals surface area contributed by atoms with Crippen LogP contribution in [0.2, 0.25) is 0 Å². The SMILES string of the molecule is N#Cc1ccc(C(=O)N(CCC(=O)N2CCNCC2)C[C@H]2CCCO2)cc1. The van der Waals surface area contributed by atoms with E-state index in [4.69, 9.17) is 10.00 Å². The van der Waals surface area contributed by atoms with Crippen LogP contribution in [0.5, 0.6) is 0 Å². The maximum Gasteiger partial charge on any atom is 0.253 e. The molecular weight excluding hydrogens is 344 g/mol. The first kappa shape index (κ1) is 19.3. The number of carbonyl (C=O) groups is 2. The smallest absolute Gasteiger partial charge is 0.253 e. The zero-order valence-corrected chi connectivity index (χ0v) is 15.5. The molecule has 2 saturated heterocycles. The van der Waals surface area contributed by atoms with Gasteiger partial charge in [0.2, 0.25) is 5.91 Å². The van der Waals surface area contributed by atoms with Gasteiger partial charge in [-0.3, -0.25) is 9.59 Å². The van der Waals surface area contributed by atoms with Gasteiger partial charge in [-0.1, -0.05) is 0 Å². The highest BCUT2D eigenvalue weighted by Gasteiger charge is 2.25. The maximum atomic E-state index is 13.0. The lowest BCUT2D eigenvalue weighted by molar-refractivity contribution is -0.132. The Bertz CT molecular complexity index is 686. The van der Waals surface area contributed by atoms with Gasteiger partial charge in [0.25, 0.3) is 5.91 Å². The minimum Gasteiger partial charge on any atom is -0.376 e. The highest BCUT2D eigenvalue weighted by atomic mass is 16.5. The molecule has 0 radical (unpaired) electrons. The first-order valence-electron chi connectivity index (χ1n) is 9.57. The van der Waals surface area contributed by atoms with Crippen LogP contribution in [0.3, 0.4) is 0 Å². The van der Waals surface area contributed by atoms with Gasteiger partial charge in [-0.25, -0.2) is 0 Å². The van der Waals surface area contributed by atoms with Crippen LogP contribution in [-0.4, -0.2) is 73.6 Å². The molecule has 0 saturated carbocycles. The van der Waals surface area contributed by atoms with Crippen LogP contribution in [0.25, 0.3) is 0 Å². The molecule has 144 valence electrons. The Hall–Kier alpha value is -2.43. The summed E-state index contributed by atoms with van der Waals surface area (Å²) < 4.78 is 5.69. The zero-order valence-electron chi connectivity index (χ0n) is 15.5. The lowest BCUT2D eigenvalue weighted by atomic mass is 10.1. The fourth-order valence-corrected chi connectivity index (χ4v) is 3.48. The third kappa shape index (κ3) is 5.28. The van der Waals surface area contributed by atoms with Crippen molar-refractivity contribution in [3.63, 3.8) is 0 Å². The fourth-order valence-electron chi connectivity index (χ4n) is 3.48. The number of nitriles is 1. The monoisotopic (exact) mass is 370 g/mol. The molecule has 0 aromatic heterocycles. The number of piperazine rings is 1. The minimum absolute atomic E-state index is 0.0293. The van der Waals surface area contributed by atoms with Gasteiger partial charge in [-0.15, -0.1) is 0 Å². The quantitative estimate of drug-likeness (QED) is 0.807. The van der Waals surface area contributed by atoms with Crippen LogP contribution < -0.4 is 5.32 Å². The molecule has 2 aliphatic rings. The molecule has 27 heavy (non-hydrogen) atoms. The third-order valence-corrected chi connectivity index (χ3v) is 5.06. The molecule has 1 aromatic carbocycles. The average molecular weight is 370 g/mol. The van der Waals surface area contributed by atoms with Crippen molar-refractivity contribution in [3.05, 3.63) is 35.4 Å². The lowest BCUT2D eigenvalue weighted by Crippen LogP contribution is -2.47. The summed E-state index contributed by atoms with van der Waals surface area (Å²) in [6.45, 7) is 4.66. The Balaban J connectivity index is 1.64. The number of ether oxygens (including phenoxy) is 1. The Morgan fingerprint density at radius 3 is 2.63 bits per heavy atom. The second-order valence-corrected chi connectivity index (χ2v) is 6.96. The highest BCUT2D eigenvalue weighted by molar-refractivity contribution is 5.94. The number of hydrogen-bond acceptors (Lipinski definition) is 5. The van der Waals surface area contributed by atoms with Crippen molar-refractivity contribution in [1.82, 2.24) is 15.1 Å². The van der Waals surface area contributed by atoms with Crippen LogP contribution in [-0.2, 0) is 9.53 Å². The van der Waals surface area contributed by atoms with Gasteiger partial charge in [-0.2, -0.15) is 5.26 Å². The summed E-state index contributed by atoms with van der Waals surface area (Å²) in [4.78, 5) is 29.0. The van der Waals surface area contributed by atoms with Crippen molar-refractivity contribution in [2.24, 2.45) is 0 Å². The van der Waals surface area contributed by atoms with Gasteiger partial charge in [0, 0.05) is 57.9 Å². The fraction of sp³-hybridized carbons (Fsp3) is 0.550. The van der Waals surface area contributed by atoms with Crippen LogP contribution >= 0.6 is 0 Å². The van der Waals surface area contributed by atoms with E-state index in [-0.39, 0.29) is 17.9 Å². The topological polar surface area (TPSA) is 85.7 Å². The Morgan fingerprint density at radius 1 is 1.26 bits per heavy atom. The maximum absolute atomic E-state index is 13.0. The van der Waals surface area contributed by atoms with Crippen molar-refractivity contribution in [2.45, 2.75) is 25.4 Å². The third-order valence-electron chi connectivity index (χ3n) is 5.06. The number of carbonyl (C=O) groups excluding carboxylic acids is 2. The van der Waals surface area contributed by atoms with Gasteiger partial charge >= 0.3 is 0 Å². The van der Waals surface area contributed by atoms with Gasteiger partial charge in [0.05, 0.1) is 17.7 Å². The summed E-state index contributed by atoms with van der Waals surface area (Å²) in [5, 5.41) is 12.2. The Kier molecular flexibility index (Phi) is 6.80. The van der Waals surface area contributed by atoms with Gasteiger partial charge < -0.3 is 19.9 Å². The van der Waals surface area contributed by atoms with Crippen molar-refractivity contribution in [1.29, 1.82) is 5.26 Å². The Morgan fingerprint density at radius 2 is 2.00 bits per heavy atom. The number of benzene rings is 1. The van der Waals surface area contributed by atoms with E-state index in [1.807, 2.05) is 4.90 Å². The molecule has 7 nitrogen and oxygen atoms in total. The molecule has 1 atom stereocenters. The van der Waals surface area contributed by atoms with E-state index >= 15 is 0 Å². The standard InChI is InChI=1S/C20H26N4O3/c21-14-16-3-5-17(6-4-16)20(26)24(15-18-2-1-13-27-18)10-7-19(25)23-11-8-22-9-12-23/h3-6,18,22H,1-2,7-13,15H2/t18-/m1/s1. The Labute approximate surface area is 159 Å². The van der Waals surface area contributed by atoms with E-state index in [1.54, 1.807) is 29.2 Å². The predicted molar refractivity (Wildman–Crippen MR) is 100 cm³/mol. The minimum atomic E-state index is -0.122. The lowest BCUT2D eigenvalue weighted by Gasteiger charge is -2.30. The first-order valence-corrected chi connectivity index (χ1v) is 9.57. The summed E-state index contributed by atoms with van der Waals surface area (Å²) in [7, 11) is 0. The largest absolute Gasteiger partial charge is 0.376 e. The molecule has 7 heteroatoms. The molecular formula is C20H26N4O3. The number of nitrogens with one attached hydrogen (secondary N) is 1. The van der Waals surface area contributed by atoms with Crippen molar-refractivity contribution in [3.8, 4) is 6.07 Å². The summed E-state index contributed by atoms with van der Waals surface area (Å²) in [6, 6.07) is 8.68. The van der Waals surface area contributed by atoms with Crippen molar-refractivity contribution < 1.29 is 14.3 Å². The predicted octanol–water partition coefficient (Wildman–Crippen LogP) is 1.00. The van der Waals surface area contributed by atoms with Crippen LogP contribution in [0, 0.1) is 11.3 Å².